The number of nitrogens with zero attached hydrogens (tertiary/aromatic N) is 1. The third-order valence-corrected chi connectivity index (χ3v) is 3.18. The first-order valence-electron chi connectivity index (χ1n) is 8.18. The van der Waals surface area contributed by atoms with Gasteiger partial charge in [0.2, 0.25) is 0 Å². The molecule has 0 spiro atoms. The van der Waals surface area contributed by atoms with Crippen molar-refractivity contribution in [2.75, 3.05) is 20.3 Å². The van der Waals surface area contributed by atoms with Gasteiger partial charge in [0, 0.05) is 24.7 Å². The zero-order valence-electron chi connectivity index (χ0n) is 15.3. The molecule has 0 aliphatic carbocycles. The number of hydrogen-bond acceptors (Lipinski definition) is 6. The first-order valence-corrected chi connectivity index (χ1v) is 8.18. The van der Waals surface area contributed by atoms with Gasteiger partial charge in [-0.2, -0.15) is 0 Å². The maximum absolute atomic E-state index is 13.8. The van der Waals surface area contributed by atoms with Gasteiger partial charge in [0.15, 0.2) is 5.76 Å². The predicted molar refractivity (Wildman–Crippen MR) is 92.8 cm³/mol. The average molecular weight is 366 g/mol. The number of carbonyl (C=O) groups is 1. The number of benzene rings is 1. The molecule has 8 heteroatoms. The molecule has 7 nitrogen and oxygen atoms in total. The topological polar surface area (TPSA) is 82.8 Å². The Morgan fingerprint density at radius 1 is 1.31 bits per heavy atom. The molecule has 0 atom stereocenters. The number of carbonyl (C=O) groups excluding carboxylic acids is 1. The Morgan fingerprint density at radius 2 is 2.04 bits per heavy atom. The van der Waals surface area contributed by atoms with Crippen LogP contribution in [0.15, 0.2) is 28.9 Å². The average Bonchev–Trinajstić information content (AvgIpc) is 3.06. The van der Waals surface area contributed by atoms with Gasteiger partial charge in [-0.05, 0) is 27.2 Å². The molecular weight excluding hydrogens is 343 g/mol. The third-order valence-electron chi connectivity index (χ3n) is 3.18. The first kappa shape index (κ1) is 19.6. The Balaban J connectivity index is 1.95. The summed E-state index contributed by atoms with van der Waals surface area (Å²) >= 11 is 0. The van der Waals surface area contributed by atoms with Crippen molar-refractivity contribution in [3.8, 4) is 22.8 Å². The van der Waals surface area contributed by atoms with Crippen LogP contribution < -0.4 is 14.8 Å². The molecule has 1 heterocycles. The van der Waals surface area contributed by atoms with Crippen LogP contribution in [0.1, 0.15) is 27.2 Å². The van der Waals surface area contributed by atoms with Gasteiger partial charge >= 0.3 is 6.09 Å². The van der Waals surface area contributed by atoms with E-state index in [1.165, 1.54) is 25.4 Å². The van der Waals surface area contributed by atoms with Crippen molar-refractivity contribution in [2.24, 2.45) is 0 Å². The zero-order chi connectivity index (χ0) is 19.2. The molecule has 0 bridgehead atoms. The molecule has 26 heavy (non-hydrogen) atoms. The second-order valence-corrected chi connectivity index (χ2v) is 6.49. The molecule has 0 saturated carbocycles. The van der Waals surface area contributed by atoms with Crippen molar-refractivity contribution >= 4 is 6.09 Å². The summed E-state index contributed by atoms with van der Waals surface area (Å²) < 4.78 is 35.0. The van der Waals surface area contributed by atoms with E-state index < -0.39 is 17.5 Å². The van der Waals surface area contributed by atoms with Crippen molar-refractivity contribution in [2.45, 2.75) is 32.8 Å². The quantitative estimate of drug-likeness (QED) is 0.751. The third kappa shape index (κ3) is 5.65. The number of alkyl carbamates (subject to hydrolysis) is 1. The lowest BCUT2D eigenvalue weighted by Crippen LogP contribution is -2.33. The Kier molecular flexibility index (Phi) is 6.43. The highest BCUT2D eigenvalue weighted by Crippen LogP contribution is 2.39. The minimum atomic E-state index is -0.551. The van der Waals surface area contributed by atoms with E-state index in [1.807, 2.05) is 0 Å². The van der Waals surface area contributed by atoms with Crippen molar-refractivity contribution in [1.82, 2.24) is 10.5 Å². The summed E-state index contributed by atoms with van der Waals surface area (Å²) in [6.07, 6.45) is 1.49. The monoisotopic (exact) mass is 366 g/mol. The summed E-state index contributed by atoms with van der Waals surface area (Å²) in [7, 11) is 1.43. The molecule has 0 radical (unpaired) electrons. The summed E-state index contributed by atoms with van der Waals surface area (Å²) in [6, 6.07) is 4.13. The molecule has 0 saturated heterocycles. The molecule has 142 valence electrons. The van der Waals surface area contributed by atoms with Crippen LogP contribution in [0.3, 0.4) is 0 Å². The van der Waals surface area contributed by atoms with Gasteiger partial charge in [0.05, 0.1) is 19.9 Å². The van der Waals surface area contributed by atoms with Crippen LogP contribution in [-0.4, -0.2) is 37.1 Å². The van der Waals surface area contributed by atoms with Crippen LogP contribution in [0.5, 0.6) is 11.5 Å². The number of nitrogens with one attached hydrogen (secondary N) is 1. The zero-order valence-corrected chi connectivity index (χ0v) is 15.3. The summed E-state index contributed by atoms with van der Waals surface area (Å²) in [4.78, 5) is 11.6. The fourth-order valence-corrected chi connectivity index (χ4v) is 2.18. The van der Waals surface area contributed by atoms with E-state index in [9.17, 15) is 9.18 Å². The second-order valence-electron chi connectivity index (χ2n) is 6.49. The molecule has 1 aromatic carbocycles. The molecule has 2 aromatic rings. The lowest BCUT2D eigenvalue weighted by atomic mass is 10.1. The maximum Gasteiger partial charge on any atom is 0.407 e. The van der Waals surface area contributed by atoms with Crippen molar-refractivity contribution < 1.29 is 27.9 Å². The molecule has 1 amide bonds. The molecular formula is C18H23FN2O5. The molecule has 0 unspecified atom stereocenters. The molecule has 0 fully saturated rings. The number of halogens is 1. The summed E-state index contributed by atoms with van der Waals surface area (Å²) in [5.74, 6) is 0.468. The molecule has 1 aromatic heterocycles. The van der Waals surface area contributed by atoms with Crippen LogP contribution in [0.2, 0.25) is 0 Å². The predicted octanol–water partition coefficient (Wildman–Crippen LogP) is 3.78. The van der Waals surface area contributed by atoms with Crippen LogP contribution >= 0.6 is 0 Å². The molecule has 2 rings (SSSR count). The van der Waals surface area contributed by atoms with E-state index >= 15 is 0 Å². The fourth-order valence-electron chi connectivity index (χ4n) is 2.18. The number of rotatable bonds is 7. The number of ether oxygens (including phenoxy) is 3. The van der Waals surface area contributed by atoms with Crippen LogP contribution in [0.25, 0.3) is 11.3 Å². The number of hydrogen-bond donors (Lipinski definition) is 1. The lowest BCUT2D eigenvalue weighted by molar-refractivity contribution is 0.0525. The van der Waals surface area contributed by atoms with Gasteiger partial charge in [0.1, 0.15) is 28.5 Å². The molecule has 0 aliphatic heterocycles. The van der Waals surface area contributed by atoms with Gasteiger partial charge in [-0.1, -0.05) is 5.16 Å². The number of methoxy groups -OCH3 is 1. The van der Waals surface area contributed by atoms with E-state index in [0.717, 1.165) is 0 Å². The lowest BCUT2D eigenvalue weighted by Gasteiger charge is -2.19. The smallest absolute Gasteiger partial charge is 0.407 e. The highest BCUT2D eigenvalue weighted by molar-refractivity contribution is 5.73. The van der Waals surface area contributed by atoms with Crippen LogP contribution in [0, 0.1) is 5.82 Å². The van der Waals surface area contributed by atoms with Gasteiger partial charge in [-0.3, -0.25) is 0 Å². The second kappa shape index (κ2) is 8.55. The highest BCUT2D eigenvalue weighted by atomic mass is 19.1. The highest BCUT2D eigenvalue weighted by Gasteiger charge is 2.19. The fraction of sp³-hybridized carbons (Fsp3) is 0.444. The van der Waals surface area contributed by atoms with E-state index in [0.29, 0.717) is 24.3 Å². The van der Waals surface area contributed by atoms with Gasteiger partial charge < -0.3 is 24.1 Å². The van der Waals surface area contributed by atoms with Gasteiger partial charge in [-0.25, -0.2) is 9.18 Å². The van der Waals surface area contributed by atoms with E-state index in [-0.39, 0.29) is 18.1 Å². The number of amides is 1. The normalized spacial score (nSPS) is 11.1. The van der Waals surface area contributed by atoms with Gasteiger partial charge in [0.25, 0.3) is 0 Å². The standard InChI is InChI=1S/C18H23FN2O5/c1-18(2,3)25-17(22)20-7-5-9-24-15-11-12(19)10-14(23-4)16(15)13-6-8-21-26-13/h6,8,10-11H,5,7,9H2,1-4H3,(H,20,22). The minimum Gasteiger partial charge on any atom is -0.496 e. The number of aromatic nitrogens is 1. The Labute approximate surface area is 151 Å². The molecule has 0 aliphatic rings. The Morgan fingerprint density at radius 3 is 2.65 bits per heavy atom. The van der Waals surface area contributed by atoms with Crippen LogP contribution in [0.4, 0.5) is 9.18 Å². The largest absolute Gasteiger partial charge is 0.496 e. The Hall–Kier alpha value is -2.77. The van der Waals surface area contributed by atoms with E-state index in [4.69, 9.17) is 18.7 Å². The minimum absolute atomic E-state index is 0.254. The van der Waals surface area contributed by atoms with E-state index in [2.05, 4.69) is 10.5 Å². The van der Waals surface area contributed by atoms with Crippen molar-refractivity contribution in [1.29, 1.82) is 0 Å². The Bertz CT molecular complexity index is 726. The summed E-state index contributed by atoms with van der Waals surface area (Å²) in [6.45, 7) is 5.98. The van der Waals surface area contributed by atoms with Gasteiger partial charge in [-0.15, -0.1) is 0 Å². The summed E-state index contributed by atoms with van der Waals surface area (Å²) in [5, 5.41) is 6.29. The van der Waals surface area contributed by atoms with E-state index in [1.54, 1.807) is 26.8 Å². The SMILES string of the molecule is COc1cc(F)cc(OCCCNC(=O)OC(C)(C)C)c1-c1ccno1. The van der Waals surface area contributed by atoms with Crippen LogP contribution in [-0.2, 0) is 4.74 Å². The van der Waals surface area contributed by atoms with Crippen molar-refractivity contribution in [3.05, 3.63) is 30.2 Å². The summed E-state index contributed by atoms with van der Waals surface area (Å²) in [5.41, 5.74) is -0.0727. The van der Waals surface area contributed by atoms with Crippen molar-refractivity contribution in [3.63, 3.8) is 0 Å². The maximum atomic E-state index is 13.8. The first-order chi connectivity index (χ1) is 12.3. The molecule has 1 N–H and O–H groups in total.